The van der Waals surface area contributed by atoms with Gasteiger partial charge in [-0.3, -0.25) is 9.69 Å². The molecule has 3 rings (SSSR count). The number of aromatic nitrogens is 2. The molecule has 3 heterocycles. The van der Waals surface area contributed by atoms with Gasteiger partial charge in [0.1, 0.15) is 6.10 Å². The molecule has 2 N–H and O–H groups in total. The van der Waals surface area contributed by atoms with Crippen molar-refractivity contribution >= 4 is 5.91 Å². The van der Waals surface area contributed by atoms with Gasteiger partial charge in [-0.25, -0.2) is 4.98 Å². The topological polar surface area (TPSA) is 91.1 Å². The van der Waals surface area contributed by atoms with Gasteiger partial charge < -0.3 is 24.4 Å². The quantitative estimate of drug-likeness (QED) is 0.747. The number of imidazole rings is 1. The molecule has 3 atom stereocenters. The van der Waals surface area contributed by atoms with Crippen LogP contribution in [0.25, 0.3) is 0 Å². The number of ether oxygens (including phenoxy) is 1. The number of hydrogen-bond donors (Lipinski definition) is 2. The molecule has 8 heteroatoms. The molecule has 0 saturated carbocycles. The van der Waals surface area contributed by atoms with Crippen LogP contribution in [-0.2, 0) is 11.8 Å². The number of carbonyl (C=O) groups is 1. The summed E-state index contributed by atoms with van der Waals surface area (Å²) in [6.07, 6.45) is 3.67. The first-order valence-electron chi connectivity index (χ1n) is 8.88. The van der Waals surface area contributed by atoms with Crippen molar-refractivity contribution in [1.82, 2.24) is 19.4 Å². The Kier molecular flexibility index (Phi) is 5.73. The summed E-state index contributed by atoms with van der Waals surface area (Å²) in [5, 5.41) is 19.9. The van der Waals surface area contributed by atoms with Crippen LogP contribution in [0, 0.1) is 5.92 Å². The number of aryl methyl sites for hydroxylation is 1. The summed E-state index contributed by atoms with van der Waals surface area (Å²) in [6, 6.07) is -0.184. The SMILES string of the molecule is CN(CC1CCN(C(=O)c2nccn2C)CC1)[C@@H]1COC[C@@H](O)[C@H]1O. The number of nitrogens with zero attached hydrogens (tertiary/aromatic N) is 4. The fourth-order valence-electron chi connectivity index (χ4n) is 3.73. The largest absolute Gasteiger partial charge is 0.389 e. The molecule has 1 aromatic rings. The van der Waals surface area contributed by atoms with Crippen LogP contribution in [0.15, 0.2) is 12.4 Å². The Morgan fingerprint density at radius 3 is 2.72 bits per heavy atom. The maximum atomic E-state index is 12.5. The zero-order chi connectivity index (χ0) is 18.0. The average molecular weight is 352 g/mol. The van der Waals surface area contributed by atoms with Crippen molar-refractivity contribution in [3.63, 3.8) is 0 Å². The number of amides is 1. The van der Waals surface area contributed by atoms with E-state index in [0.29, 0.717) is 18.3 Å². The van der Waals surface area contributed by atoms with Crippen LogP contribution in [-0.4, -0.2) is 93.6 Å². The van der Waals surface area contributed by atoms with Gasteiger partial charge in [-0.2, -0.15) is 0 Å². The monoisotopic (exact) mass is 352 g/mol. The Bertz CT molecular complexity index is 585. The van der Waals surface area contributed by atoms with Crippen LogP contribution in [0.2, 0.25) is 0 Å². The van der Waals surface area contributed by atoms with Crippen molar-refractivity contribution in [2.75, 3.05) is 39.9 Å². The predicted octanol–water partition coefficient (Wildman–Crippen LogP) is -0.675. The maximum Gasteiger partial charge on any atom is 0.289 e. The third-order valence-corrected chi connectivity index (χ3v) is 5.39. The molecule has 25 heavy (non-hydrogen) atoms. The Labute approximate surface area is 148 Å². The molecule has 0 bridgehead atoms. The molecule has 1 aromatic heterocycles. The third-order valence-electron chi connectivity index (χ3n) is 5.39. The van der Waals surface area contributed by atoms with E-state index >= 15 is 0 Å². The van der Waals surface area contributed by atoms with E-state index in [1.54, 1.807) is 17.0 Å². The highest BCUT2D eigenvalue weighted by atomic mass is 16.5. The molecule has 2 fully saturated rings. The molecular weight excluding hydrogens is 324 g/mol. The summed E-state index contributed by atoms with van der Waals surface area (Å²) in [6.45, 7) is 2.89. The Morgan fingerprint density at radius 1 is 1.36 bits per heavy atom. The van der Waals surface area contributed by atoms with Crippen molar-refractivity contribution in [2.24, 2.45) is 13.0 Å². The zero-order valence-electron chi connectivity index (χ0n) is 14.9. The fraction of sp³-hybridized carbons (Fsp3) is 0.765. The molecule has 140 valence electrons. The molecule has 2 aliphatic heterocycles. The summed E-state index contributed by atoms with van der Waals surface area (Å²) in [5.41, 5.74) is 0. The number of likely N-dealkylation sites (N-methyl/N-ethyl adjacent to an activating group) is 1. The minimum atomic E-state index is -0.821. The van der Waals surface area contributed by atoms with E-state index in [2.05, 4.69) is 9.88 Å². The summed E-state index contributed by atoms with van der Waals surface area (Å²) < 4.78 is 7.11. The van der Waals surface area contributed by atoms with Crippen molar-refractivity contribution in [3.05, 3.63) is 18.2 Å². The molecule has 0 aromatic carbocycles. The summed E-state index contributed by atoms with van der Waals surface area (Å²) in [7, 11) is 3.79. The number of rotatable bonds is 4. The average Bonchev–Trinajstić information content (AvgIpc) is 3.03. The fourth-order valence-corrected chi connectivity index (χ4v) is 3.73. The van der Waals surface area contributed by atoms with Crippen molar-refractivity contribution < 1.29 is 19.7 Å². The molecule has 0 spiro atoms. The number of carbonyl (C=O) groups excluding carboxylic acids is 1. The minimum absolute atomic E-state index is 0.0153. The van der Waals surface area contributed by atoms with Crippen LogP contribution in [0.5, 0.6) is 0 Å². The molecule has 8 nitrogen and oxygen atoms in total. The first-order valence-corrected chi connectivity index (χ1v) is 8.88. The van der Waals surface area contributed by atoms with Crippen molar-refractivity contribution in [3.8, 4) is 0 Å². The second-order valence-electron chi connectivity index (χ2n) is 7.20. The Hall–Kier alpha value is -1.48. The Morgan fingerprint density at radius 2 is 2.08 bits per heavy atom. The lowest BCUT2D eigenvalue weighted by Gasteiger charge is -2.40. The van der Waals surface area contributed by atoms with Crippen LogP contribution >= 0.6 is 0 Å². The molecule has 2 aliphatic rings. The van der Waals surface area contributed by atoms with Gasteiger partial charge in [0.25, 0.3) is 5.91 Å². The maximum absolute atomic E-state index is 12.5. The molecular formula is C17H28N4O4. The minimum Gasteiger partial charge on any atom is -0.389 e. The first-order chi connectivity index (χ1) is 12.0. The van der Waals surface area contributed by atoms with Gasteiger partial charge in [0.15, 0.2) is 5.82 Å². The summed E-state index contributed by atoms with van der Waals surface area (Å²) in [5.74, 6) is 0.923. The van der Waals surface area contributed by atoms with Crippen LogP contribution in [0.4, 0.5) is 0 Å². The highest BCUT2D eigenvalue weighted by Crippen LogP contribution is 2.22. The highest BCUT2D eigenvalue weighted by Gasteiger charge is 2.35. The van der Waals surface area contributed by atoms with Crippen molar-refractivity contribution in [2.45, 2.75) is 31.1 Å². The lowest BCUT2D eigenvalue weighted by Crippen LogP contribution is -2.56. The van der Waals surface area contributed by atoms with E-state index in [1.165, 1.54) is 0 Å². The van der Waals surface area contributed by atoms with Gasteiger partial charge in [-0.15, -0.1) is 0 Å². The highest BCUT2D eigenvalue weighted by molar-refractivity contribution is 5.90. The van der Waals surface area contributed by atoms with E-state index in [-0.39, 0.29) is 18.6 Å². The number of likely N-dealkylation sites (tertiary alicyclic amines) is 1. The van der Waals surface area contributed by atoms with Gasteiger partial charge >= 0.3 is 0 Å². The van der Waals surface area contributed by atoms with Crippen LogP contribution in [0.1, 0.15) is 23.5 Å². The van der Waals surface area contributed by atoms with Gasteiger partial charge in [0.2, 0.25) is 0 Å². The molecule has 1 amide bonds. The summed E-state index contributed by atoms with van der Waals surface area (Å²) >= 11 is 0. The van der Waals surface area contributed by atoms with E-state index in [4.69, 9.17) is 4.74 Å². The van der Waals surface area contributed by atoms with E-state index in [9.17, 15) is 15.0 Å². The lowest BCUT2D eigenvalue weighted by molar-refractivity contribution is -0.130. The standard InChI is InChI=1S/C17H28N4O4/c1-19-8-5-18-16(19)17(24)21-6-3-12(4-7-21)9-20(2)13-10-25-11-14(22)15(13)23/h5,8,12-15,22-23H,3-4,6-7,9-11H2,1-2H3/t13-,14-,15+/m1/s1. The molecule has 2 saturated heterocycles. The zero-order valence-corrected chi connectivity index (χ0v) is 14.9. The van der Waals surface area contributed by atoms with E-state index in [1.807, 2.05) is 19.0 Å². The van der Waals surface area contributed by atoms with Gasteiger partial charge in [0.05, 0.1) is 25.4 Å². The first kappa shape index (κ1) is 18.3. The molecule has 0 unspecified atom stereocenters. The van der Waals surface area contributed by atoms with Crippen LogP contribution in [0.3, 0.4) is 0 Å². The second-order valence-corrected chi connectivity index (χ2v) is 7.20. The van der Waals surface area contributed by atoms with Gasteiger partial charge in [0, 0.05) is 39.1 Å². The molecule has 0 aliphatic carbocycles. The van der Waals surface area contributed by atoms with Gasteiger partial charge in [-0.1, -0.05) is 0 Å². The van der Waals surface area contributed by atoms with Gasteiger partial charge in [-0.05, 0) is 25.8 Å². The second kappa shape index (κ2) is 7.82. The lowest BCUT2D eigenvalue weighted by atomic mass is 9.94. The van der Waals surface area contributed by atoms with E-state index < -0.39 is 12.2 Å². The smallest absolute Gasteiger partial charge is 0.289 e. The van der Waals surface area contributed by atoms with Crippen LogP contribution < -0.4 is 0 Å². The summed E-state index contributed by atoms with van der Waals surface area (Å²) in [4.78, 5) is 20.6. The number of piperidine rings is 1. The third kappa shape index (κ3) is 4.03. The predicted molar refractivity (Wildman–Crippen MR) is 91.1 cm³/mol. The van der Waals surface area contributed by atoms with Crippen molar-refractivity contribution in [1.29, 1.82) is 0 Å². The Balaban J connectivity index is 1.49. The number of hydrogen-bond acceptors (Lipinski definition) is 6. The number of aliphatic hydroxyl groups excluding tert-OH is 2. The normalized spacial score (nSPS) is 28.5. The molecule has 0 radical (unpaired) electrons. The van der Waals surface area contributed by atoms with E-state index in [0.717, 1.165) is 32.5 Å². The number of aliphatic hydroxyl groups is 2.